The van der Waals surface area contributed by atoms with Gasteiger partial charge in [-0.3, -0.25) is 4.79 Å². The van der Waals surface area contributed by atoms with Crippen molar-refractivity contribution in [3.63, 3.8) is 0 Å². The highest BCUT2D eigenvalue weighted by Gasteiger charge is 2.18. The molecule has 0 bridgehead atoms. The number of hydrogen-bond donors (Lipinski definition) is 0. The van der Waals surface area contributed by atoms with Crippen molar-refractivity contribution in [3.8, 4) is 0 Å². The van der Waals surface area contributed by atoms with Crippen molar-refractivity contribution in [2.45, 2.75) is 18.7 Å². The molecule has 0 aliphatic rings. The maximum Gasteiger partial charge on any atom is 0.325 e. The monoisotopic (exact) mass is 315 g/mol. The van der Waals surface area contributed by atoms with Crippen molar-refractivity contribution < 1.29 is 17.9 Å². The van der Waals surface area contributed by atoms with Gasteiger partial charge in [-0.2, -0.15) is 0 Å². The van der Waals surface area contributed by atoms with E-state index in [4.69, 9.17) is 4.74 Å². The molecule has 1 heterocycles. The first-order valence-corrected chi connectivity index (χ1v) is 8.06. The number of carbonyl (C=O) groups excluding carboxylic acids is 1. The fourth-order valence-corrected chi connectivity index (χ4v) is 2.49. The van der Waals surface area contributed by atoms with Crippen molar-refractivity contribution in [1.82, 2.24) is 9.29 Å². The van der Waals surface area contributed by atoms with Crippen LogP contribution in [0.15, 0.2) is 23.2 Å². The van der Waals surface area contributed by atoms with Gasteiger partial charge in [-0.05, 0) is 26.0 Å². The van der Waals surface area contributed by atoms with E-state index < -0.39 is 10.0 Å². The number of sulfonamides is 1. The number of anilines is 1. The highest BCUT2D eigenvalue weighted by Crippen LogP contribution is 2.16. The highest BCUT2D eigenvalue weighted by molar-refractivity contribution is 7.89. The number of aromatic nitrogens is 1. The average molecular weight is 315 g/mol. The van der Waals surface area contributed by atoms with E-state index in [0.29, 0.717) is 19.0 Å². The van der Waals surface area contributed by atoms with Crippen LogP contribution in [-0.2, 0) is 19.6 Å². The number of nitrogens with zero attached hydrogens (tertiary/aromatic N) is 3. The minimum absolute atomic E-state index is 0.0805. The Morgan fingerprint density at radius 3 is 2.38 bits per heavy atom. The summed E-state index contributed by atoms with van der Waals surface area (Å²) in [6.07, 6.45) is 1.29. The molecule has 0 atom stereocenters. The maximum absolute atomic E-state index is 11.9. The summed E-state index contributed by atoms with van der Waals surface area (Å²) in [6, 6.07) is 3.06. The zero-order valence-corrected chi connectivity index (χ0v) is 13.6. The lowest BCUT2D eigenvalue weighted by molar-refractivity contribution is -0.141. The Morgan fingerprint density at radius 1 is 1.29 bits per heavy atom. The molecule has 0 N–H and O–H groups in total. The van der Waals surface area contributed by atoms with Gasteiger partial charge in [0, 0.05) is 26.8 Å². The summed E-state index contributed by atoms with van der Waals surface area (Å²) in [7, 11) is -0.576. The quantitative estimate of drug-likeness (QED) is 0.690. The smallest absolute Gasteiger partial charge is 0.325 e. The number of ether oxygens (including phenoxy) is 1. The number of esters is 1. The molecule has 0 unspecified atom stereocenters. The van der Waals surface area contributed by atoms with Crippen LogP contribution in [0.4, 0.5) is 5.82 Å². The Kier molecular flexibility index (Phi) is 6.10. The van der Waals surface area contributed by atoms with E-state index in [9.17, 15) is 13.2 Å². The van der Waals surface area contributed by atoms with Crippen LogP contribution in [0.25, 0.3) is 0 Å². The molecular formula is C13H21N3O4S. The molecule has 0 spiro atoms. The average Bonchev–Trinajstić information content (AvgIpc) is 2.45. The lowest BCUT2D eigenvalue weighted by Gasteiger charge is -2.21. The zero-order chi connectivity index (χ0) is 16.0. The molecule has 0 radical (unpaired) electrons. The number of rotatable bonds is 7. The summed E-state index contributed by atoms with van der Waals surface area (Å²) in [5.74, 6) is 0.189. The van der Waals surface area contributed by atoms with Crippen LogP contribution < -0.4 is 4.90 Å². The summed E-state index contributed by atoms with van der Waals surface area (Å²) < 4.78 is 29.9. The van der Waals surface area contributed by atoms with Crippen molar-refractivity contribution >= 4 is 21.8 Å². The largest absolute Gasteiger partial charge is 0.465 e. The fraction of sp³-hybridized carbons (Fsp3) is 0.538. The zero-order valence-electron chi connectivity index (χ0n) is 12.7. The van der Waals surface area contributed by atoms with E-state index in [1.807, 2.05) is 6.92 Å². The molecule has 8 heteroatoms. The molecule has 1 aromatic heterocycles. The number of carbonyl (C=O) groups is 1. The van der Waals surface area contributed by atoms with E-state index in [1.54, 1.807) is 17.9 Å². The standard InChI is InChI=1S/C13H21N3O4S/c1-5-16(10-13(17)20-6-2)12-8-7-11(9-14-12)21(18,19)15(3)4/h7-9H,5-6,10H2,1-4H3. The Bertz CT molecular complexity index is 570. The molecule has 21 heavy (non-hydrogen) atoms. The second kappa shape index (κ2) is 7.37. The van der Waals surface area contributed by atoms with Crippen LogP contribution >= 0.6 is 0 Å². The Morgan fingerprint density at radius 2 is 1.95 bits per heavy atom. The van der Waals surface area contributed by atoms with Gasteiger partial charge in [-0.15, -0.1) is 0 Å². The predicted octanol–water partition coefficient (Wildman–Crippen LogP) is 0.721. The summed E-state index contributed by atoms with van der Waals surface area (Å²) in [6.45, 7) is 4.59. The first kappa shape index (κ1) is 17.4. The lowest BCUT2D eigenvalue weighted by atomic mass is 10.4. The van der Waals surface area contributed by atoms with Crippen LogP contribution in [0, 0.1) is 0 Å². The van der Waals surface area contributed by atoms with Gasteiger partial charge >= 0.3 is 5.97 Å². The summed E-state index contributed by atoms with van der Waals surface area (Å²) in [5, 5.41) is 0. The first-order valence-electron chi connectivity index (χ1n) is 6.62. The molecule has 0 fully saturated rings. The van der Waals surface area contributed by atoms with Crippen molar-refractivity contribution in [2.24, 2.45) is 0 Å². The molecule has 7 nitrogen and oxygen atoms in total. The third-order valence-corrected chi connectivity index (χ3v) is 4.63. The fourth-order valence-electron chi connectivity index (χ4n) is 1.64. The lowest BCUT2D eigenvalue weighted by Crippen LogP contribution is -2.31. The van der Waals surface area contributed by atoms with Crippen LogP contribution in [0.1, 0.15) is 13.8 Å². The van der Waals surface area contributed by atoms with Gasteiger partial charge in [0.25, 0.3) is 0 Å². The second-order valence-electron chi connectivity index (χ2n) is 4.46. The SMILES string of the molecule is CCOC(=O)CN(CC)c1ccc(S(=O)(=O)N(C)C)cn1. The van der Waals surface area contributed by atoms with E-state index >= 15 is 0 Å². The van der Waals surface area contributed by atoms with Gasteiger partial charge in [0.15, 0.2) is 0 Å². The van der Waals surface area contributed by atoms with Crippen LogP contribution in [0.3, 0.4) is 0 Å². The Hall–Kier alpha value is -1.67. The van der Waals surface area contributed by atoms with E-state index in [2.05, 4.69) is 4.98 Å². The van der Waals surface area contributed by atoms with Crippen molar-refractivity contribution in [3.05, 3.63) is 18.3 Å². The molecular weight excluding hydrogens is 294 g/mol. The van der Waals surface area contributed by atoms with Crippen LogP contribution in [-0.4, -0.2) is 57.5 Å². The van der Waals surface area contributed by atoms with Crippen molar-refractivity contribution in [1.29, 1.82) is 0 Å². The molecule has 0 aromatic carbocycles. The predicted molar refractivity (Wildman–Crippen MR) is 79.6 cm³/mol. The Balaban J connectivity index is 2.92. The van der Waals surface area contributed by atoms with Gasteiger partial charge < -0.3 is 9.64 Å². The molecule has 0 aliphatic heterocycles. The number of pyridine rings is 1. The summed E-state index contributed by atoms with van der Waals surface area (Å²) in [4.78, 5) is 17.5. The maximum atomic E-state index is 11.9. The third-order valence-electron chi connectivity index (χ3n) is 2.83. The minimum Gasteiger partial charge on any atom is -0.465 e. The Labute approximate surface area is 125 Å². The third kappa shape index (κ3) is 4.40. The van der Waals surface area contributed by atoms with Gasteiger partial charge in [0.1, 0.15) is 17.3 Å². The van der Waals surface area contributed by atoms with Gasteiger partial charge in [0.05, 0.1) is 6.61 Å². The van der Waals surface area contributed by atoms with E-state index in [0.717, 1.165) is 4.31 Å². The molecule has 118 valence electrons. The molecule has 0 amide bonds. The molecule has 1 aromatic rings. The molecule has 0 saturated carbocycles. The van der Waals surface area contributed by atoms with Gasteiger partial charge in [0.2, 0.25) is 10.0 Å². The summed E-state index contributed by atoms with van der Waals surface area (Å²) >= 11 is 0. The minimum atomic E-state index is -3.50. The first-order chi connectivity index (χ1) is 9.82. The molecule has 1 rings (SSSR count). The number of likely N-dealkylation sites (N-methyl/N-ethyl adjacent to an activating group) is 1. The van der Waals surface area contributed by atoms with Gasteiger partial charge in [-0.1, -0.05) is 0 Å². The number of hydrogen-bond acceptors (Lipinski definition) is 6. The molecule has 0 saturated heterocycles. The van der Waals surface area contributed by atoms with Crippen LogP contribution in [0.5, 0.6) is 0 Å². The highest BCUT2D eigenvalue weighted by atomic mass is 32.2. The summed E-state index contributed by atoms with van der Waals surface area (Å²) in [5.41, 5.74) is 0. The molecule has 0 aliphatic carbocycles. The second-order valence-corrected chi connectivity index (χ2v) is 6.61. The van der Waals surface area contributed by atoms with E-state index in [-0.39, 0.29) is 17.4 Å². The van der Waals surface area contributed by atoms with Crippen molar-refractivity contribution in [2.75, 3.05) is 38.7 Å². The van der Waals surface area contributed by atoms with Crippen LogP contribution in [0.2, 0.25) is 0 Å². The van der Waals surface area contributed by atoms with E-state index in [1.165, 1.54) is 26.4 Å². The normalized spacial score (nSPS) is 11.5. The topological polar surface area (TPSA) is 79.8 Å². The van der Waals surface area contributed by atoms with Gasteiger partial charge in [-0.25, -0.2) is 17.7 Å².